The normalized spacial score (nSPS) is 27.0. The first-order valence-electron chi connectivity index (χ1n) is 7.55. The molecule has 0 amide bonds. The summed E-state index contributed by atoms with van der Waals surface area (Å²) in [6.45, 7) is 0.554. The van der Waals surface area contributed by atoms with E-state index >= 15 is 0 Å². The van der Waals surface area contributed by atoms with Crippen LogP contribution in [0.2, 0.25) is 0 Å². The number of hydrogen-bond donors (Lipinski definition) is 1. The van der Waals surface area contributed by atoms with Crippen LogP contribution in [0.1, 0.15) is 30.7 Å². The molecule has 118 valence electrons. The van der Waals surface area contributed by atoms with E-state index in [-0.39, 0.29) is 17.8 Å². The Morgan fingerprint density at radius 2 is 1.90 bits per heavy atom. The summed E-state index contributed by atoms with van der Waals surface area (Å²) in [5.74, 6) is 0.722. The molecule has 3 atom stereocenters. The summed E-state index contributed by atoms with van der Waals surface area (Å²) in [7, 11) is -0.934. The Morgan fingerprint density at radius 3 is 2.52 bits per heavy atom. The third-order valence-electron chi connectivity index (χ3n) is 4.52. The van der Waals surface area contributed by atoms with Gasteiger partial charge in [0, 0.05) is 24.9 Å². The maximum absolute atomic E-state index is 11.3. The molecule has 0 aromatic heterocycles. The monoisotopic (exact) mass is 310 g/mol. The number of hydrogen-bond acceptors (Lipinski definition) is 4. The molecule has 1 saturated carbocycles. The van der Waals surface area contributed by atoms with Gasteiger partial charge in [0.2, 0.25) is 0 Å². The van der Waals surface area contributed by atoms with Gasteiger partial charge in [0.25, 0.3) is 0 Å². The average molecular weight is 310 g/mol. The number of likely N-dealkylation sites (N-methyl/N-ethyl adjacent to an activating group) is 1. The van der Waals surface area contributed by atoms with Gasteiger partial charge in [0.1, 0.15) is 9.84 Å². The van der Waals surface area contributed by atoms with Crippen molar-refractivity contribution in [1.29, 1.82) is 0 Å². The van der Waals surface area contributed by atoms with Crippen LogP contribution in [0.4, 0.5) is 0 Å². The molecule has 3 unspecified atom stereocenters. The number of benzene rings is 1. The van der Waals surface area contributed by atoms with Gasteiger partial charge in [-0.15, -0.1) is 0 Å². The van der Waals surface area contributed by atoms with Crippen molar-refractivity contribution in [1.82, 2.24) is 4.90 Å². The summed E-state index contributed by atoms with van der Waals surface area (Å²) in [5, 5.41) is 0. The highest BCUT2D eigenvalue weighted by Gasteiger charge is 2.31. The summed E-state index contributed by atoms with van der Waals surface area (Å²) in [6.07, 6.45) is 4.40. The SMILES string of the molecule is CN(CCS(C)(=O)=O)C1CC(c2ccccc2)CCC1N. The lowest BCUT2D eigenvalue weighted by Crippen LogP contribution is -2.50. The van der Waals surface area contributed by atoms with E-state index in [2.05, 4.69) is 29.2 Å². The van der Waals surface area contributed by atoms with Crippen molar-refractivity contribution in [2.24, 2.45) is 5.73 Å². The van der Waals surface area contributed by atoms with E-state index < -0.39 is 9.84 Å². The first kappa shape index (κ1) is 16.5. The lowest BCUT2D eigenvalue weighted by Gasteiger charge is -2.39. The molecule has 2 N–H and O–H groups in total. The van der Waals surface area contributed by atoms with Gasteiger partial charge in [-0.1, -0.05) is 30.3 Å². The molecule has 5 heteroatoms. The molecule has 0 spiro atoms. The molecule has 21 heavy (non-hydrogen) atoms. The van der Waals surface area contributed by atoms with E-state index in [9.17, 15) is 8.42 Å². The van der Waals surface area contributed by atoms with Crippen LogP contribution >= 0.6 is 0 Å². The Labute approximate surface area is 128 Å². The zero-order chi connectivity index (χ0) is 15.5. The fraction of sp³-hybridized carbons (Fsp3) is 0.625. The molecule has 1 fully saturated rings. The van der Waals surface area contributed by atoms with Crippen molar-refractivity contribution in [3.63, 3.8) is 0 Å². The lowest BCUT2D eigenvalue weighted by molar-refractivity contribution is 0.164. The maximum atomic E-state index is 11.3. The third kappa shape index (κ3) is 4.80. The van der Waals surface area contributed by atoms with Crippen LogP contribution in [0, 0.1) is 0 Å². The molecule has 4 nitrogen and oxygen atoms in total. The molecule has 2 rings (SSSR count). The summed E-state index contributed by atoms with van der Waals surface area (Å²) in [5.41, 5.74) is 7.64. The second kappa shape index (κ2) is 6.90. The fourth-order valence-corrected chi connectivity index (χ4v) is 3.80. The Balaban J connectivity index is 2.01. The lowest BCUT2D eigenvalue weighted by atomic mass is 9.78. The van der Waals surface area contributed by atoms with Crippen molar-refractivity contribution in [2.45, 2.75) is 37.3 Å². The van der Waals surface area contributed by atoms with Crippen molar-refractivity contribution in [3.8, 4) is 0 Å². The predicted octanol–water partition coefficient (Wildman–Crippen LogP) is 1.63. The quantitative estimate of drug-likeness (QED) is 0.898. The Bertz CT molecular complexity index is 545. The Morgan fingerprint density at radius 1 is 1.24 bits per heavy atom. The molecule has 1 aliphatic rings. The molecule has 0 heterocycles. The van der Waals surface area contributed by atoms with Gasteiger partial charge in [-0.05, 0) is 37.8 Å². The molecule has 0 bridgehead atoms. The standard InChI is InChI=1S/C16H26N2O2S/c1-18(10-11-21(2,19)20)16-12-14(8-9-15(16)17)13-6-4-3-5-7-13/h3-7,14-16H,8-12,17H2,1-2H3. The van der Waals surface area contributed by atoms with Gasteiger partial charge in [0.15, 0.2) is 0 Å². The highest BCUT2D eigenvalue weighted by atomic mass is 32.2. The fourth-order valence-electron chi connectivity index (χ4n) is 3.18. The van der Waals surface area contributed by atoms with Gasteiger partial charge < -0.3 is 10.6 Å². The van der Waals surface area contributed by atoms with Crippen LogP contribution in [-0.4, -0.2) is 51.0 Å². The third-order valence-corrected chi connectivity index (χ3v) is 5.44. The Hall–Kier alpha value is -0.910. The summed E-state index contributed by atoms with van der Waals surface area (Å²) in [4.78, 5) is 2.13. The molecule has 0 radical (unpaired) electrons. The van der Waals surface area contributed by atoms with Crippen LogP contribution in [0.3, 0.4) is 0 Å². The van der Waals surface area contributed by atoms with Crippen molar-refractivity contribution in [2.75, 3.05) is 25.6 Å². The van der Waals surface area contributed by atoms with Gasteiger partial charge >= 0.3 is 0 Å². The first-order chi connectivity index (χ1) is 9.87. The highest BCUT2D eigenvalue weighted by Crippen LogP contribution is 2.34. The molecule has 1 aromatic rings. The zero-order valence-electron chi connectivity index (χ0n) is 12.9. The smallest absolute Gasteiger partial charge is 0.148 e. The van der Waals surface area contributed by atoms with Crippen LogP contribution < -0.4 is 5.73 Å². The topological polar surface area (TPSA) is 63.4 Å². The van der Waals surface area contributed by atoms with E-state index in [1.807, 2.05) is 13.1 Å². The first-order valence-corrected chi connectivity index (χ1v) is 9.61. The molecule has 0 aliphatic heterocycles. The second-order valence-electron chi connectivity index (χ2n) is 6.26. The zero-order valence-corrected chi connectivity index (χ0v) is 13.7. The summed E-state index contributed by atoms with van der Waals surface area (Å²) >= 11 is 0. The molecule has 0 saturated heterocycles. The van der Waals surface area contributed by atoms with E-state index in [4.69, 9.17) is 5.73 Å². The van der Waals surface area contributed by atoms with Crippen LogP contribution in [0.15, 0.2) is 30.3 Å². The minimum absolute atomic E-state index is 0.134. The van der Waals surface area contributed by atoms with Gasteiger partial charge in [-0.25, -0.2) is 8.42 Å². The largest absolute Gasteiger partial charge is 0.326 e. The number of nitrogens with two attached hydrogens (primary N) is 1. The minimum Gasteiger partial charge on any atom is -0.326 e. The van der Waals surface area contributed by atoms with Gasteiger partial charge in [0.05, 0.1) is 5.75 Å². The van der Waals surface area contributed by atoms with Gasteiger partial charge in [-0.3, -0.25) is 0 Å². The van der Waals surface area contributed by atoms with E-state index in [1.165, 1.54) is 11.8 Å². The minimum atomic E-state index is -2.92. The molecular formula is C16H26N2O2S. The molecular weight excluding hydrogens is 284 g/mol. The predicted molar refractivity (Wildman–Crippen MR) is 87.1 cm³/mol. The Kier molecular flexibility index (Phi) is 5.41. The number of nitrogens with zero attached hydrogens (tertiary/aromatic N) is 1. The summed E-state index contributed by atoms with van der Waals surface area (Å²) < 4.78 is 22.7. The van der Waals surface area contributed by atoms with Gasteiger partial charge in [-0.2, -0.15) is 0 Å². The number of sulfone groups is 1. The molecule has 1 aromatic carbocycles. The van der Waals surface area contributed by atoms with Crippen molar-refractivity contribution in [3.05, 3.63) is 35.9 Å². The van der Waals surface area contributed by atoms with E-state index in [0.29, 0.717) is 12.5 Å². The van der Waals surface area contributed by atoms with Crippen LogP contribution in [-0.2, 0) is 9.84 Å². The second-order valence-corrected chi connectivity index (χ2v) is 8.52. The van der Waals surface area contributed by atoms with Crippen LogP contribution in [0.5, 0.6) is 0 Å². The van der Waals surface area contributed by atoms with Crippen molar-refractivity contribution < 1.29 is 8.42 Å². The average Bonchev–Trinajstić information content (AvgIpc) is 2.45. The van der Waals surface area contributed by atoms with Crippen molar-refractivity contribution >= 4 is 9.84 Å². The molecule has 1 aliphatic carbocycles. The summed E-state index contributed by atoms with van der Waals surface area (Å²) in [6, 6.07) is 10.9. The van der Waals surface area contributed by atoms with E-state index in [1.54, 1.807) is 0 Å². The highest BCUT2D eigenvalue weighted by molar-refractivity contribution is 7.90. The van der Waals surface area contributed by atoms with Crippen LogP contribution in [0.25, 0.3) is 0 Å². The number of rotatable bonds is 5. The van der Waals surface area contributed by atoms with E-state index in [0.717, 1.165) is 19.3 Å². The maximum Gasteiger partial charge on any atom is 0.148 e.